The first-order chi connectivity index (χ1) is 14.3. The Kier molecular flexibility index (Phi) is 4.86. The predicted octanol–water partition coefficient (Wildman–Crippen LogP) is 5.10. The summed E-state index contributed by atoms with van der Waals surface area (Å²) in [6, 6.07) is 13.4. The van der Waals surface area contributed by atoms with Crippen LogP contribution in [0.4, 0.5) is 18.9 Å². The van der Waals surface area contributed by atoms with Crippen molar-refractivity contribution in [2.45, 2.75) is 13.1 Å². The van der Waals surface area contributed by atoms with Gasteiger partial charge in [-0.25, -0.2) is 9.97 Å². The molecular formula is C21H15F3N4O2. The zero-order valence-electron chi connectivity index (χ0n) is 15.6. The van der Waals surface area contributed by atoms with Crippen molar-refractivity contribution in [3.8, 4) is 11.6 Å². The Morgan fingerprint density at radius 2 is 1.87 bits per heavy atom. The first-order valence-corrected chi connectivity index (χ1v) is 8.86. The van der Waals surface area contributed by atoms with E-state index in [0.29, 0.717) is 17.3 Å². The molecule has 0 aliphatic heterocycles. The molecule has 0 fully saturated rings. The summed E-state index contributed by atoms with van der Waals surface area (Å²) in [5.41, 5.74) is 0.692. The SMILES string of the molecule is Cc1ccc(Oc2ccc(NC(=O)c3ccn4cc(C(F)(F)F)nc4c3)cn2)cc1. The van der Waals surface area contributed by atoms with Crippen LogP contribution in [0.3, 0.4) is 0 Å². The van der Waals surface area contributed by atoms with Crippen molar-refractivity contribution in [3.05, 3.63) is 83.9 Å². The number of amides is 1. The lowest BCUT2D eigenvalue weighted by atomic mass is 10.2. The van der Waals surface area contributed by atoms with Gasteiger partial charge in [-0.2, -0.15) is 13.2 Å². The first kappa shape index (κ1) is 19.4. The number of carbonyl (C=O) groups is 1. The summed E-state index contributed by atoms with van der Waals surface area (Å²) < 4.78 is 45.2. The quantitative estimate of drug-likeness (QED) is 0.506. The molecule has 1 N–H and O–H groups in total. The maximum Gasteiger partial charge on any atom is 0.434 e. The minimum absolute atomic E-state index is 0.0231. The number of nitrogens with zero attached hydrogens (tertiary/aromatic N) is 3. The molecule has 4 rings (SSSR count). The third kappa shape index (κ3) is 4.24. The van der Waals surface area contributed by atoms with Gasteiger partial charge in [0.2, 0.25) is 5.88 Å². The monoisotopic (exact) mass is 412 g/mol. The summed E-state index contributed by atoms with van der Waals surface area (Å²) in [7, 11) is 0. The summed E-state index contributed by atoms with van der Waals surface area (Å²) >= 11 is 0. The zero-order valence-corrected chi connectivity index (χ0v) is 15.6. The second-order valence-corrected chi connectivity index (χ2v) is 6.56. The number of aryl methyl sites for hydroxylation is 1. The summed E-state index contributed by atoms with van der Waals surface area (Å²) in [6.07, 6.45) is -0.906. The first-order valence-electron chi connectivity index (χ1n) is 8.86. The third-order valence-electron chi connectivity index (χ3n) is 4.25. The molecule has 0 spiro atoms. The van der Waals surface area contributed by atoms with Crippen LogP contribution in [0.2, 0.25) is 0 Å². The molecule has 0 aliphatic rings. The van der Waals surface area contributed by atoms with Gasteiger partial charge >= 0.3 is 6.18 Å². The van der Waals surface area contributed by atoms with E-state index in [1.54, 1.807) is 12.1 Å². The maximum absolute atomic E-state index is 12.8. The molecule has 0 bridgehead atoms. The number of aromatic nitrogens is 3. The van der Waals surface area contributed by atoms with Gasteiger partial charge in [0.05, 0.1) is 11.9 Å². The van der Waals surface area contributed by atoms with E-state index in [9.17, 15) is 18.0 Å². The fourth-order valence-electron chi connectivity index (χ4n) is 2.70. The van der Waals surface area contributed by atoms with E-state index in [1.807, 2.05) is 31.2 Å². The van der Waals surface area contributed by atoms with Crippen LogP contribution in [0.1, 0.15) is 21.6 Å². The lowest BCUT2D eigenvalue weighted by molar-refractivity contribution is -0.140. The van der Waals surface area contributed by atoms with E-state index >= 15 is 0 Å². The molecule has 0 unspecified atom stereocenters. The molecule has 0 radical (unpaired) electrons. The summed E-state index contributed by atoms with van der Waals surface area (Å²) in [5, 5.41) is 2.64. The summed E-state index contributed by atoms with van der Waals surface area (Å²) in [6.45, 7) is 1.97. The molecule has 1 aromatic carbocycles. The molecule has 3 aromatic heterocycles. The van der Waals surface area contributed by atoms with Gasteiger partial charge in [0.15, 0.2) is 5.69 Å². The average molecular weight is 412 g/mol. The highest BCUT2D eigenvalue weighted by atomic mass is 19.4. The highest BCUT2D eigenvalue weighted by molar-refractivity contribution is 6.04. The van der Waals surface area contributed by atoms with E-state index in [-0.39, 0.29) is 11.2 Å². The lowest BCUT2D eigenvalue weighted by Gasteiger charge is -2.08. The number of hydrogen-bond acceptors (Lipinski definition) is 4. The number of benzene rings is 1. The molecule has 3 heterocycles. The Hall–Kier alpha value is -3.88. The summed E-state index contributed by atoms with van der Waals surface area (Å²) in [5.74, 6) is 0.495. The predicted molar refractivity (Wildman–Crippen MR) is 104 cm³/mol. The molecular weight excluding hydrogens is 397 g/mol. The largest absolute Gasteiger partial charge is 0.439 e. The van der Waals surface area contributed by atoms with Crippen LogP contribution in [0.15, 0.2) is 67.1 Å². The second-order valence-electron chi connectivity index (χ2n) is 6.56. The Bertz CT molecular complexity index is 1200. The molecule has 30 heavy (non-hydrogen) atoms. The standard InChI is InChI=1S/C21H15F3N4O2/c1-13-2-5-16(6-3-13)30-19-7-4-15(11-25-19)26-20(29)14-8-9-28-12-17(21(22,23)24)27-18(28)10-14/h2-12H,1H3,(H,26,29). The minimum Gasteiger partial charge on any atom is -0.439 e. The van der Waals surface area contributed by atoms with Gasteiger partial charge in [-0.15, -0.1) is 0 Å². The van der Waals surface area contributed by atoms with Crippen molar-refractivity contribution in [1.82, 2.24) is 14.4 Å². The number of imidazole rings is 1. The molecule has 9 heteroatoms. The highest BCUT2D eigenvalue weighted by Gasteiger charge is 2.33. The van der Waals surface area contributed by atoms with Gasteiger partial charge in [-0.05, 0) is 37.3 Å². The van der Waals surface area contributed by atoms with Gasteiger partial charge in [-0.3, -0.25) is 4.79 Å². The third-order valence-corrected chi connectivity index (χ3v) is 4.25. The van der Waals surface area contributed by atoms with E-state index in [2.05, 4.69) is 15.3 Å². The van der Waals surface area contributed by atoms with Crippen molar-refractivity contribution in [2.75, 3.05) is 5.32 Å². The number of rotatable bonds is 4. The van der Waals surface area contributed by atoms with Crippen molar-refractivity contribution >= 4 is 17.2 Å². The van der Waals surface area contributed by atoms with Gasteiger partial charge in [0.1, 0.15) is 11.4 Å². The number of carbonyl (C=O) groups excluding carboxylic acids is 1. The van der Waals surface area contributed by atoms with E-state index in [4.69, 9.17) is 4.74 Å². The molecule has 6 nitrogen and oxygen atoms in total. The number of hydrogen-bond donors (Lipinski definition) is 1. The fraction of sp³-hybridized carbons (Fsp3) is 0.0952. The van der Waals surface area contributed by atoms with Crippen LogP contribution < -0.4 is 10.1 Å². The van der Waals surface area contributed by atoms with Crippen LogP contribution in [0, 0.1) is 6.92 Å². The minimum atomic E-state index is -4.55. The van der Waals surface area contributed by atoms with Crippen molar-refractivity contribution in [2.24, 2.45) is 0 Å². The number of pyridine rings is 2. The van der Waals surface area contributed by atoms with Crippen LogP contribution >= 0.6 is 0 Å². The highest BCUT2D eigenvalue weighted by Crippen LogP contribution is 2.28. The zero-order chi connectivity index (χ0) is 21.3. The molecule has 0 atom stereocenters. The van der Waals surface area contributed by atoms with E-state index in [0.717, 1.165) is 11.8 Å². The van der Waals surface area contributed by atoms with E-state index < -0.39 is 17.8 Å². The Balaban J connectivity index is 1.46. The number of fused-ring (bicyclic) bond motifs is 1. The Morgan fingerprint density at radius 3 is 2.53 bits per heavy atom. The van der Waals surface area contributed by atoms with Gasteiger partial charge < -0.3 is 14.5 Å². The fourth-order valence-corrected chi connectivity index (χ4v) is 2.70. The number of halogens is 3. The topological polar surface area (TPSA) is 68.5 Å². The molecule has 0 aliphatic carbocycles. The molecule has 4 aromatic rings. The second kappa shape index (κ2) is 7.51. The van der Waals surface area contributed by atoms with Crippen molar-refractivity contribution in [1.29, 1.82) is 0 Å². The molecule has 0 saturated carbocycles. The van der Waals surface area contributed by atoms with Gasteiger partial charge in [0, 0.05) is 24.0 Å². The number of ether oxygens (including phenoxy) is 1. The van der Waals surface area contributed by atoms with Gasteiger partial charge in [0.25, 0.3) is 5.91 Å². The average Bonchev–Trinajstić information content (AvgIpc) is 3.15. The molecule has 152 valence electrons. The number of anilines is 1. The molecule has 0 saturated heterocycles. The Morgan fingerprint density at radius 1 is 1.10 bits per heavy atom. The Labute approximate surface area is 169 Å². The molecule has 1 amide bonds. The van der Waals surface area contributed by atoms with Crippen molar-refractivity contribution < 1.29 is 22.7 Å². The van der Waals surface area contributed by atoms with Crippen LogP contribution in [0.5, 0.6) is 11.6 Å². The normalized spacial score (nSPS) is 11.5. The maximum atomic E-state index is 12.8. The van der Waals surface area contributed by atoms with Crippen LogP contribution in [-0.4, -0.2) is 20.3 Å². The van der Waals surface area contributed by atoms with Gasteiger partial charge in [-0.1, -0.05) is 17.7 Å². The van der Waals surface area contributed by atoms with Crippen molar-refractivity contribution in [3.63, 3.8) is 0 Å². The number of nitrogens with one attached hydrogen (secondary N) is 1. The smallest absolute Gasteiger partial charge is 0.434 e. The van der Waals surface area contributed by atoms with E-state index in [1.165, 1.54) is 28.9 Å². The lowest BCUT2D eigenvalue weighted by Crippen LogP contribution is -2.12. The van der Waals surface area contributed by atoms with Crippen LogP contribution in [0.25, 0.3) is 5.65 Å². The number of alkyl halides is 3. The summed E-state index contributed by atoms with van der Waals surface area (Å²) in [4.78, 5) is 20.1. The van der Waals surface area contributed by atoms with Crippen LogP contribution in [-0.2, 0) is 6.18 Å².